The Morgan fingerprint density at radius 2 is 2.33 bits per heavy atom. The summed E-state index contributed by atoms with van der Waals surface area (Å²) in [5.41, 5.74) is 5.02. The molecular formula is C6H15NO2. The Hall–Kier alpha value is -0.700. The highest BCUT2D eigenvalue weighted by Gasteiger charge is 1.91. The molecule has 0 aromatic rings. The van der Waals surface area contributed by atoms with Crippen LogP contribution < -0.4 is 5.73 Å². The van der Waals surface area contributed by atoms with E-state index >= 15 is 0 Å². The summed E-state index contributed by atoms with van der Waals surface area (Å²) in [6, 6.07) is 0. The summed E-state index contributed by atoms with van der Waals surface area (Å²) in [4.78, 5) is 3.88. The number of nitrogens with two attached hydrogens (primary N) is 1. The monoisotopic (exact) mass is 133 g/mol. The Morgan fingerprint density at radius 1 is 1.78 bits per heavy atom. The van der Waals surface area contributed by atoms with E-state index in [1.54, 1.807) is 0 Å². The van der Waals surface area contributed by atoms with Crippen molar-refractivity contribution in [2.24, 2.45) is 5.73 Å². The molecule has 0 aliphatic carbocycles. The maximum absolute atomic E-state index is 8.01. The first-order chi connectivity index (χ1) is 3.85. The first-order valence-electron chi connectivity index (χ1n) is 2.57. The van der Waals surface area contributed by atoms with Crippen LogP contribution in [-0.2, 0) is 4.89 Å². The Bertz CT molecular complexity index is 81.1. The summed E-state index contributed by atoms with van der Waals surface area (Å²) in [5.74, 6) is 0.424. The minimum Gasteiger partial charge on any atom is -0.402 e. The van der Waals surface area contributed by atoms with Gasteiger partial charge in [-0.15, -0.1) is 0 Å². The van der Waals surface area contributed by atoms with Crippen molar-refractivity contribution >= 4 is 0 Å². The molecule has 3 N–H and O–H groups in total. The lowest BCUT2D eigenvalue weighted by Gasteiger charge is -1.96. The third kappa shape index (κ3) is 5.17. The maximum atomic E-state index is 8.01. The fourth-order valence-corrected chi connectivity index (χ4v) is 0.406. The molecule has 0 bridgehead atoms. The Labute approximate surface area is 56.1 Å². The molecule has 0 spiro atoms. The van der Waals surface area contributed by atoms with Crippen LogP contribution in [0.15, 0.2) is 12.0 Å². The molecule has 0 rings (SSSR count). The smallest absolute Gasteiger partial charge is 0.157 e. The van der Waals surface area contributed by atoms with E-state index in [4.69, 9.17) is 11.0 Å². The van der Waals surface area contributed by atoms with Crippen molar-refractivity contribution in [2.45, 2.75) is 27.2 Å². The van der Waals surface area contributed by atoms with E-state index in [9.17, 15) is 0 Å². The van der Waals surface area contributed by atoms with Gasteiger partial charge < -0.3 is 10.6 Å². The minimum absolute atomic E-state index is 0. The molecule has 0 radical (unpaired) electrons. The minimum atomic E-state index is 0. The second kappa shape index (κ2) is 7.30. The molecule has 0 aromatic heterocycles. The van der Waals surface area contributed by atoms with Gasteiger partial charge in [0.05, 0.1) is 0 Å². The van der Waals surface area contributed by atoms with Crippen molar-refractivity contribution in [1.82, 2.24) is 0 Å². The Balaban J connectivity index is 0. The van der Waals surface area contributed by atoms with Crippen molar-refractivity contribution in [1.29, 1.82) is 0 Å². The van der Waals surface area contributed by atoms with Crippen molar-refractivity contribution in [3.05, 3.63) is 12.0 Å². The van der Waals surface area contributed by atoms with Gasteiger partial charge in [0.2, 0.25) is 0 Å². The van der Waals surface area contributed by atoms with Gasteiger partial charge in [0.25, 0.3) is 0 Å². The van der Waals surface area contributed by atoms with E-state index in [0.29, 0.717) is 12.2 Å². The van der Waals surface area contributed by atoms with Gasteiger partial charge >= 0.3 is 0 Å². The van der Waals surface area contributed by atoms with Crippen molar-refractivity contribution in [3.8, 4) is 0 Å². The van der Waals surface area contributed by atoms with E-state index < -0.39 is 0 Å². The van der Waals surface area contributed by atoms with Gasteiger partial charge in [0, 0.05) is 12.6 Å². The first-order valence-corrected chi connectivity index (χ1v) is 2.57. The first kappa shape index (κ1) is 11.1. The quantitative estimate of drug-likeness (QED) is 0.350. The van der Waals surface area contributed by atoms with Crippen LogP contribution in [-0.4, -0.2) is 5.26 Å². The summed E-state index contributed by atoms with van der Waals surface area (Å²) in [5, 5.41) is 8.01. The number of rotatable bonds is 3. The standard InChI is InChI=1S/C5H11NO2.CH4/c1-2-3-5(4-6)8-7;/h4,7H,2-3,6H2,1H3;1H4/b5-4+;. The summed E-state index contributed by atoms with van der Waals surface area (Å²) in [6.45, 7) is 1.97. The topological polar surface area (TPSA) is 55.5 Å². The SMILES string of the molecule is C.CCC/C(=C\N)OO. The van der Waals surface area contributed by atoms with Crippen molar-refractivity contribution in [3.63, 3.8) is 0 Å². The van der Waals surface area contributed by atoms with Crippen LogP contribution in [0.5, 0.6) is 0 Å². The van der Waals surface area contributed by atoms with Gasteiger partial charge in [0.1, 0.15) is 0 Å². The maximum Gasteiger partial charge on any atom is 0.157 e. The number of hydrogen-bond acceptors (Lipinski definition) is 3. The van der Waals surface area contributed by atoms with Gasteiger partial charge in [-0.25, -0.2) is 5.26 Å². The molecule has 0 saturated heterocycles. The highest BCUT2D eigenvalue weighted by molar-refractivity contribution is 4.86. The molecule has 0 unspecified atom stereocenters. The molecule has 3 heteroatoms. The summed E-state index contributed by atoms with van der Waals surface area (Å²) in [7, 11) is 0. The normalized spacial score (nSPS) is 10.2. The average molecular weight is 133 g/mol. The van der Waals surface area contributed by atoms with E-state index in [0.717, 1.165) is 6.42 Å². The Morgan fingerprint density at radius 3 is 2.44 bits per heavy atom. The molecule has 0 saturated carbocycles. The molecule has 3 nitrogen and oxygen atoms in total. The molecule has 56 valence electrons. The molecule has 0 amide bonds. The van der Waals surface area contributed by atoms with Gasteiger partial charge in [-0.2, -0.15) is 0 Å². The van der Waals surface area contributed by atoms with Crippen LogP contribution in [0.4, 0.5) is 0 Å². The molecule has 0 aromatic carbocycles. The summed E-state index contributed by atoms with van der Waals surface area (Å²) >= 11 is 0. The van der Waals surface area contributed by atoms with Crippen LogP contribution >= 0.6 is 0 Å². The zero-order chi connectivity index (χ0) is 6.41. The molecular weight excluding hydrogens is 118 g/mol. The van der Waals surface area contributed by atoms with Crippen LogP contribution in [0.1, 0.15) is 27.2 Å². The molecule has 0 aliphatic heterocycles. The second-order valence-electron chi connectivity index (χ2n) is 1.47. The van der Waals surface area contributed by atoms with E-state index in [-0.39, 0.29) is 7.43 Å². The van der Waals surface area contributed by atoms with E-state index in [1.165, 1.54) is 6.20 Å². The largest absolute Gasteiger partial charge is 0.402 e. The number of allylic oxidation sites excluding steroid dienone is 1. The van der Waals surface area contributed by atoms with Crippen molar-refractivity contribution < 1.29 is 10.1 Å². The zero-order valence-electron chi connectivity index (χ0n) is 4.92. The predicted molar refractivity (Wildman–Crippen MR) is 37.6 cm³/mol. The molecule has 0 aliphatic rings. The van der Waals surface area contributed by atoms with Crippen LogP contribution in [0.2, 0.25) is 0 Å². The van der Waals surface area contributed by atoms with E-state index in [2.05, 4.69) is 4.89 Å². The third-order valence-electron chi connectivity index (χ3n) is 0.800. The third-order valence-corrected chi connectivity index (χ3v) is 0.800. The summed E-state index contributed by atoms with van der Waals surface area (Å²) in [6.07, 6.45) is 2.86. The van der Waals surface area contributed by atoms with Crippen LogP contribution in [0.25, 0.3) is 0 Å². The van der Waals surface area contributed by atoms with Crippen LogP contribution in [0.3, 0.4) is 0 Å². The van der Waals surface area contributed by atoms with E-state index in [1.807, 2.05) is 6.92 Å². The van der Waals surface area contributed by atoms with Crippen molar-refractivity contribution in [2.75, 3.05) is 0 Å². The van der Waals surface area contributed by atoms with Gasteiger partial charge in [0.15, 0.2) is 5.76 Å². The predicted octanol–water partition coefficient (Wildman–Crippen LogP) is 1.71. The molecule has 9 heavy (non-hydrogen) atoms. The molecule has 0 heterocycles. The average Bonchev–Trinajstić information content (AvgIpc) is 1.83. The lowest BCUT2D eigenvalue weighted by atomic mass is 10.3. The lowest BCUT2D eigenvalue weighted by molar-refractivity contribution is -0.205. The summed E-state index contributed by atoms with van der Waals surface area (Å²) < 4.78 is 0. The zero-order valence-corrected chi connectivity index (χ0v) is 4.92. The number of hydrogen-bond donors (Lipinski definition) is 2. The molecule has 0 fully saturated rings. The highest BCUT2D eigenvalue weighted by Crippen LogP contribution is 2.01. The Kier molecular flexibility index (Phi) is 9.04. The molecule has 0 atom stereocenters. The highest BCUT2D eigenvalue weighted by atomic mass is 17.1. The second-order valence-corrected chi connectivity index (χ2v) is 1.47. The van der Waals surface area contributed by atoms with Gasteiger partial charge in [-0.3, -0.25) is 0 Å². The van der Waals surface area contributed by atoms with Gasteiger partial charge in [-0.1, -0.05) is 14.4 Å². The lowest BCUT2D eigenvalue weighted by Crippen LogP contribution is -1.91. The van der Waals surface area contributed by atoms with Gasteiger partial charge in [-0.05, 0) is 6.42 Å². The fourth-order valence-electron chi connectivity index (χ4n) is 0.406. The fraction of sp³-hybridized carbons (Fsp3) is 0.667. The van der Waals surface area contributed by atoms with Crippen LogP contribution in [0, 0.1) is 0 Å².